The quantitative estimate of drug-likeness (QED) is 0.196. The van der Waals surface area contributed by atoms with Gasteiger partial charge < -0.3 is 0 Å². The molecule has 0 N–H and O–H groups in total. The molecule has 0 saturated heterocycles. The maximum absolute atomic E-state index is 2.45. The smallest absolute Gasteiger partial charge is 0.0433 e. The SMILES string of the molecule is CC1(C)c2cc(-c3ccc(-c4cccc5c4sc4ccccc45)cc3)ccc2-c2c1cc(-c1ccccc1)c1ccccc21. The topological polar surface area (TPSA) is 0 Å². The van der Waals surface area contributed by atoms with Crippen LogP contribution < -0.4 is 0 Å². The summed E-state index contributed by atoms with van der Waals surface area (Å²) >= 11 is 1.89. The largest absolute Gasteiger partial charge is 0.135 e. The Labute approximate surface area is 261 Å². The van der Waals surface area contributed by atoms with Gasteiger partial charge in [-0.25, -0.2) is 0 Å². The summed E-state index contributed by atoms with van der Waals surface area (Å²) in [6.07, 6.45) is 0. The van der Waals surface area contributed by atoms with Gasteiger partial charge in [0.1, 0.15) is 0 Å². The minimum Gasteiger partial charge on any atom is -0.135 e. The molecule has 0 unspecified atom stereocenters. The molecule has 0 bridgehead atoms. The molecule has 0 spiro atoms. The lowest BCUT2D eigenvalue weighted by Crippen LogP contribution is -2.15. The standard InChI is InChI=1S/C43H30S/c1-43(2)38-25-30(27-19-21-29(22-20-27)31-16-10-17-35-33-14-8-9-18-40(33)44-42(31)35)23-24-36(38)41-34-15-7-6-13-32(34)37(26-39(41)43)28-11-4-3-5-12-28/h3-26H,1-2H3. The maximum Gasteiger partial charge on any atom is 0.0433 e. The first-order valence-electron chi connectivity index (χ1n) is 15.4. The van der Waals surface area contributed by atoms with Gasteiger partial charge in [-0.3, -0.25) is 0 Å². The van der Waals surface area contributed by atoms with E-state index in [1.54, 1.807) is 0 Å². The molecule has 0 aliphatic heterocycles. The molecule has 1 aromatic heterocycles. The van der Waals surface area contributed by atoms with Gasteiger partial charge in [-0.05, 0) is 84.6 Å². The van der Waals surface area contributed by atoms with Crippen LogP contribution >= 0.6 is 11.3 Å². The Hall–Kier alpha value is -4.98. The van der Waals surface area contributed by atoms with Crippen LogP contribution in [0.25, 0.3) is 75.5 Å². The Morgan fingerprint density at radius 3 is 1.86 bits per heavy atom. The molecule has 9 rings (SSSR count). The minimum atomic E-state index is -0.106. The predicted octanol–water partition coefficient (Wildman–Crippen LogP) is 12.5. The van der Waals surface area contributed by atoms with Crippen molar-refractivity contribution in [3.05, 3.63) is 157 Å². The maximum atomic E-state index is 2.45. The van der Waals surface area contributed by atoms with Gasteiger partial charge in [-0.2, -0.15) is 0 Å². The summed E-state index contributed by atoms with van der Waals surface area (Å²) in [4.78, 5) is 0. The van der Waals surface area contributed by atoms with Crippen LogP contribution in [-0.2, 0) is 5.41 Å². The molecule has 1 aliphatic rings. The second-order valence-electron chi connectivity index (χ2n) is 12.5. The molecule has 0 fully saturated rings. The molecule has 0 saturated carbocycles. The van der Waals surface area contributed by atoms with E-state index in [9.17, 15) is 0 Å². The third-order valence-electron chi connectivity index (χ3n) is 9.70. The van der Waals surface area contributed by atoms with Crippen molar-refractivity contribution in [2.75, 3.05) is 0 Å². The number of benzene rings is 7. The van der Waals surface area contributed by atoms with Crippen molar-refractivity contribution >= 4 is 42.3 Å². The van der Waals surface area contributed by atoms with Crippen LogP contribution in [0.5, 0.6) is 0 Å². The molecule has 1 aliphatic carbocycles. The number of hydrogen-bond acceptors (Lipinski definition) is 1. The Morgan fingerprint density at radius 2 is 1.05 bits per heavy atom. The molecule has 0 atom stereocenters. The second-order valence-corrected chi connectivity index (χ2v) is 13.6. The fraction of sp³-hybridized carbons (Fsp3) is 0.0698. The summed E-state index contributed by atoms with van der Waals surface area (Å²) in [6.45, 7) is 4.78. The van der Waals surface area contributed by atoms with Crippen LogP contribution in [0.4, 0.5) is 0 Å². The van der Waals surface area contributed by atoms with E-state index in [1.807, 2.05) is 11.3 Å². The Balaban J connectivity index is 1.14. The highest BCUT2D eigenvalue weighted by molar-refractivity contribution is 7.26. The zero-order valence-corrected chi connectivity index (χ0v) is 25.6. The first-order valence-corrected chi connectivity index (χ1v) is 16.2. The van der Waals surface area contributed by atoms with Crippen molar-refractivity contribution in [3.8, 4) is 44.5 Å². The molecular formula is C43H30S. The summed E-state index contributed by atoms with van der Waals surface area (Å²) in [5.74, 6) is 0. The van der Waals surface area contributed by atoms with Crippen LogP contribution in [0, 0.1) is 0 Å². The third kappa shape index (κ3) is 3.69. The molecule has 1 heterocycles. The van der Waals surface area contributed by atoms with Crippen molar-refractivity contribution in [3.63, 3.8) is 0 Å². The highest BCUT2D eigenvalue weighted by atomic mass is 32.1. The highest BCUT2D eigenvalue weighted by Crippen LogP contribution is 2.54. The molecule has 0 nitrogen and oxygen atoms in total. The molecule has 44 heavy (non-hydrogen) atoms. The monoisotopic (exact) mass is 578 g/mol. The van der Waals surface area contributed by atoms with E-state index in [1.165, 1.54) is 86.6 Å². The fourth-order valence-electron chi connectivity index (χ4n) is 7.44. The van der Waals surface area contributed by atoms with Gasteiger partial charge in [0, 0.05) is 25.6 Å². The Morgan fingerprint density at radius 1 is 0.409 bits per heavy atom. The van der Waals surface area contributed by atoms with E-state index < -0.39 is 0 Å². The molecule has 208 valence electrons. The van der Waals surface area contributed by atoms with Gasteiger partial charge >= 0.3 is 0 Å². The normalized spacial score (nSPS) is 13.4. The highest BCUT2D eigenvalue weighted by Gasteiger charge is 2.37. The zero-order valence-electron chi connectivity index (χ0n) is 24.8. The van der Waals surface area contributed by atoms with Crippen molar-refractivity contribution in [2.45, 2.75) is 19.3 Å². The van der Waals surface area contributed by atoms with Crippen LogP contribution in [0.15, 0.2) is 146 Å². The lowest BCUT2D eigenvalue weighted by Gasteiger charge is -2.23. The van der Waals surface area contributed by atoms with E-state index in [0.717, 1.165) is 0 Å². The van der Waals surface area contributed by atoms with E-state index >= 15 is 0 Å². The van der Waals surface area contributed by atoms with Gasteiger partial charge in [-0.15, -0.1) is 11.3 Å². The van der Waals surface area contributed by atoms with Crippen molar-refractivity contribution in [1.29, 1.82) is 0 Å². The van der Waals surface area contributed by atoms with Crippen LogP contribution in [-0.4, -0.2) is 0 Å². The van der Waals surface area contributed by atoms with Gasteiger partial charge in [0.2, 0.25) is 0 Å². The van der Waals surface area contributed by atoms with Crippen LogP contribution in [0.3, 0.4) is 0 Å². The number of fused-ring (bicyclic) bond motifs is 8. The van der Waals surface area contributed by atoms with Crippen LogP contribution in [0.2, 0.25) is 0 Å². The van der Waals surface area contributed by atoms with E-state index in [4.69, 9.17) is 0 Å². The summed E-state index contributed by atoms with van der Waals surface area (Å²) in [5.41, 5.74) is 13.1. The fourth-order valence-corrected chi connectivity index (χ4v) is 8.67. The average Bonchev–Trinajstić information content (AvgIpc) is 3.57. The van der Waals surface area contributed by atoms with E-state index in [2.05, 4.69) is 159 Å². The predicted molar refractivity (Wildman–Crippen MR) is 191 cm³/mol. The summed E-state index contributed by atoms with van der Waals surface area (Å²) < 4.78 is 2.71. The van der Waals surface area contributed by atoms with Crippen molar-refractivity contribution in [1.82, 2.24) is 0 Å². The lowest BCUT2D eigenvalue weighted by atomic mass is 9.80. The van der Waals surface area contributed by atoms with Crippen LogP contribution in [0.1, 0.15) is 25.0 Å². The second kappa shape index (κ2) is 9.51. The lowest BCUT2D eigenvalue weighted by molar-refractivity contribution is 0.661. The van der Waals surface area contributed by atoms with Gasteiger partial charge in [0.05, 0.1) is 0 Å². The third-order valence-corrected chi connectivity index (χ3v) is 10.9. The molecule has 8 aromatic rings. The van der Waals surface area contributed by atoms with E-state index in [-0.39, 0.29) is 5.41 Å². The average molecular weight is 579 g/mol. The van der Waals surface area contributed by atoms with Crippen molar-refractivity contribution in [2.24, 2.45) is 0 Å². The molecule has 0 radical (unpaired) electrons. The zero-order chi connectivity index (χ0) is 29.4. The molecular weight excluding hydrogens is 549 g/mol. The number of hydrogen-bond donors (Lipinski definition) is 0. The van der Waals surface area contributed by atoms with Gasteiger partial charge in [0.15, 0.2) is 0 Å². The summed E-state index contributed by atoms with van der Waals surface area (Å²) in [7, 11) is 0. The van der Waals surface area contributed by atoms with E-state index in [0.29, 0.717) is 0 Å². The number of thiophene rings is 1. The molecule has 1 heteroatoms. The Kier molecular flexibility index (Phi) is 5.51. The summed E-state index contributed by atoms with van der Waals surface area (Å²) in [6, 6.07) is 53.9. The van der Waals surface area contributed by atoms with Crippen molar-refractivity contribution < 1.29 is 0 Å². The summed E-state index contributed by atoms with van der Waals surface area (Å²) in [5, 5.41) is 5.34. The first-order chi connectivity index (χ1) is 21.6. The minimum absolute atomic E-state index is 0.106. The number of rotatable bonds is 3. The van der Waals surface area contributed by atoms with Gasteiger partial charge in [-0.1, -0.05) is 141 Å². The molecule has 0 amide bonds. The molecule has 7 aromatic carbocycles. The Bertz CT molecular complexity index is 2390. The first kappa shape index (κ1) is 25.5. The van der Waals surface area contributed by atoms with Gasteiger partial charge in [0.25, 0.3) is 0 Å².